The Bertz CT molecular complexity index is 586. The molecule has 1 atom stereocenters. The van der Waals surface area contributed by atoms with Crippen LogP contribution in [0.4, 0.5) is 0 Å². The lowest BCUT2D eigenvalue weighted by Crippen LogP contribution is -2.19. The van der Waals surface area contributed by atoms with Crippen molar-refractivity contribution >= 4 is 0 Å². The quantitative estimate of drug-likeness (QED) is 0.899. The number of hydrogen-bond acceptors (Lipinski definition) is 2. The molecule has 0 spiro atoms. The van der Waals surface area contributed by atoms with Crippen LogP contribution in [0.1, 0.15) is 43.9 Å². The van der Waals surface area contributed by atoms with Gasteiger partial charge in [0.05, 0.1) is 0 Å². The van der Waals surface area contributed by atoms with Crippen molar-refractivity contribution in [2.75, 3.05) is 6.54 Å². The van der Waals surface area contributed by atoms with Gasteiger partial charge in [-0.1, -0.05) is 19.1 Å². The fraction of sp³-hybridized carbons (Fsp3) is 0.471. The van der Waals surface area contributed by atoms with Gasteiger partial charge in [0.2, 0.25) is 0 Å². The Kier molecular flexibility index (Phi) is 3.88. The highest BCUT2D eigenvalue weighted by molar-refractivity contribution is 5.59. The van der Waals surface area contributed by atoms with Gasteiger partial charge in [0, 0.05) is 30.5 Å². The molecule has 20 heavy (non-hydrogen) atoms. The third kappa shape index (κ3) is 2.38. The van der Waals surface area contributed by atoms with Gasteiger partial charge in [0.1, 0.15) is 5.82 Å². The minimum Gasteiger partial charge on any atom is -0.331 e. The average Bonchev–Trinajstić information content (AvgIpc) is 3.10. The van der Waals surface area contributed by atoms with Crippen molar-refractivity contribution in [2.45, 2.75) is 45.7 Å². The van der Waals surface area contributed by atoms with E-state index in [1.165, 1.54) is 36.0 Å². The molecular weight excluding hydrogens is 246 g/mol. The largest absolute Gasteiger partial charge is 0.331 e. The van der Waals surface area contributed by atoms with Crippen LogP contribution in [0.25, 0.3) is 11.4 Å². The molecule has 3 heteroatoms. The number of aromatic nitrogens is 2. The van der Waals surface area contributed by atoms with Crippen molar-refractivity contribution in [2.24, 2.45) is 0 Å². The molecule has 1 unspecified atom stereocenters. The molecule has 0 radical (unpaired) electrons. The van der Waals surface area contributed by atoms with Gasteiger partial charge >= 0.3 is 0 Å². The maximum atomic E-state index is 4.50. The lowest BCUT2D eigenvalue weighted by atomic mass is 10.0. The van der Waals surface area contributed by atoms with E-state index in [0.29, 0.717) is 6.04 Å². The molecular formula is C17H23N3. The Labute approximate surface area is 121 Å². The van der Waals surface area contributed by atoms with Gasteiger partial charge in [-0.2, -0.15) is 0 Å². The van der Waals surface area contributed by atoms with Crippen LogP contribution in [0.2, 0.25) is 0 Å². The number of rotatable bonds is 5. The van der Waals surface area contributed by atoms with Crippen molar-refractivity contribution in [1.82, 2.24) is 14.9 Å². The summed E-state index contributed by atoms with van der Waals surface area (Å²) in [5.41, 5.74) is 4.21. The maximum absolute atomic E-state index is 4.50. The SMILES string of the molecule is CCCNC1CCc2cc(-c3nccn3CC)ccc21. The van der Waals surface area contributed by atoms with E-state index in [9.17, 15) is 0 Å². The van der Waals surface area contributed by atoms with Gasteiger partial charge in [-0.25, -0.2) is 4.98 Å². The van der Waals surface area contributed by atoms with Crippen LogP contribution in [0.15, 0.2) is 30.6 Å². The van der Waals surface area contributed by atoms with Crippen LogP contribution in [0.3, 0.4) is 0 Å². The van der Waals surface area contributed by atoms with E-state index in [1.807, 2.05) is 12.4 Å². The summed E-state index contributed by atoms with van der Waals surface area (Å²) in [6.07, 6.45) is 7.53. The molecule has 2 aromatic rings. The predicted molar refractivity (Wildman–Crippen MR) is 82.7 cm³/mol. The van der Waals surface area contributed by atoms with Crippen LogP contribution in [0.5, 0.6) is 0 Å². The van der Waals surface area contributed by atoms with E-state index >= 15 is 0 Å². The number of nitrogens with one attached hydrogen (secondary N) is 1. The summed E-state index contributed by atoms with van der Waals surface area (Å²) >= 11 is 0. The van der Waals surface area contributed by atoms with Crippen molar-refractivity contribution in [3.05, 3.63) is 41.7 Å². The zero-order valence-corrected chi connectivity index (χ0v) is 12.4. The average molecular weight is 269 g/mol. The third-order valence-corrected chi connectivity index (χ3v) is 4.18. The Morgan fingerprint density at radius 1 is 1.35 bits per heavy atom. The zero-order valence-electron chi connectivity index (χ0n) is 12.4. The Hall–Kier alpha value is -1.61. The molecule has 3 rings (SSSR count). The van der Waals surface area contributed by atoms with E-state index in [4.69, 9.17) is 0 Å². The molecule has 0 bridgehead atoms. The van der Waals surface area contributed by atoms with Crippen molar-refractivity contribution < 1.29 is 0 Å². The zero-order chi connectivity index (χ0) is 13.9. The first-order chi connectivity index (χ1) is 9.83. The summed E-state index contributed by atoms with van der Waals surface area (Å²) in [6.45, 7) is 6.44. The van der Waals surface area contributed by atoms with E-state index in [1.54, 1.807) is 0 Å². The Balaban J connectivity index is 1.88. The summed E-state index contributed by atoms with van der Waals surface area (Å²) in [5.74, 6) is 1.08. The van der Waals surface area contributed by atoms with Gasteiger partial charge in [-0.15, -0.1) is 0 Å². The first-order valence-electron chi connectivity index (χ1n) is 7.71. The molecule has 1 aliphatic rings. The van der Waals surface area contributed by atoms with E-state index in [2.05, 4.69) is 46.9 Å². The minimum atomic E-state index is 0.546. The molecule has 106 valence electrons. The third-order valence-electron chi connectivity index (χ3n) is 4.18. The number of hydrogen-bond donors (Lipinski definition) is 1. The van der Waals surface area contributed by atoms with Crippen LogP contribution in [-0.4, -0.2) is 16.1 Å². The molecule has 1 N–H and O–H groups in total. The van der Waals surface area contributed by atoms with Crippen molar-refractivity contribution in [1.29, 1.82) is 0 Å². The second kappa shape index (κ2) is 5.80. The first-order valence-corrected chi connectivity index (χ1v) is 7.71. The first kappa shape index (κ1) is 13.4. The number of nitrogens with zero attached hydrogens (tertiary/aromatic N) is 2. The number of fused-ring (bicyclic) bond motifs is 1. The lowest BCUT2D eigenvalue weighted by Gasteiger charge is -2.14. The van der Waals surface area contributed by atoms with Crippen LogP contribution < -0.4 is 5.32 Å². The standard InChI is InChI=1S/C17H23N3/c1-3-9-18-16-8-6-13-12-14(5-7-15(13)16)17-19-10-11-20(17)4-2/h5,7,10-12,16,18H,3-4,6,8-9H2,1-2H3. The fourth-order valence-electron chi connectivity index (χ4n) is 3.11. The summed E-state index contributed by atoms with van der Waals surface area (Å²) in [4.78, 5) is 4.50. The summed E-state index contributed by atoms with van der Waals surface area (Å²) in [6, 6.07) is 7.39. The Morgan fingerprint density at radius 2 is 2.25 bits per heavy atom. The smallest absolute Gasteiger partial charge is 0.139 e. The monoisotopic (exact) mass is 269 g/mol. The van der Waals surface area contributed by atoms with Crippen LogP contribution >= 0.6 is 0 Å². The van der Waals surface area contributed by atoms with Crippen molar-refractivity contribution in [3.63, 3.8) is 0 Å². The fourth-order valence-corrected chi connectivity index (χ4v) is 3.11. The number of benzene rings is 1. The molecule has 1 aliphatic carbocycles. The molecule has 0 fully saturated rings. The number of aryl methyl sites for hydroxylation is 2. The molecule has 0 amide bonds. The minimum absolute atomic E-state index is 0.546. The highest BCUT2D eigenvalue weighted by Gasteiger charge is 2.22. The van der Waals surface area contributed by atoms with Gasteiger partial charge < -0.3 is 9.88 Å². The second-order valence-electron chi connectivity index (χ2n) is 5.50. The molecule has 1 aromatic carbocycles. The molecule has 1 heterocycles. The summed E-state index contributed by atoms with van der Waals surface area (Å²) < 4.78 is 2.20. The van der Waals surface area contributed by atoms with Gasteiger partial charge in [-0.05, 0) is 49.9 Å². The van der Waals surface area contributed by atoms with Crippen molar-refractivity contribution in [3.8, 4) is 11.4 Å². The second-order valence-corrected chi connectivity index (χ2v) is 5.50. The topological polar surface area (TPSA) is 29.9 Å². The van der Waals surface area contributed by atoms with Gasteiger partial charge in [0.15, 0.2) is 0 Å². The van der Waals surface area contributed by atoms with Gasteiger partial charge in [0.25, 0.3) is 0 Å². The molecule has 0 saturated heterocycles. The highest BCUT2D eigenvalue weighted by Crippen LogP contribution is 2.33. The summed E-state index contributed by atoms with van der Waals surface area (Å²) in [5, 5.41) is 3.64. The Morgan fingerprint density at radius 3 is 3.05 bits per heavy atom. The van der Waals surface area contributed by atoms with E-state index in [-0.39, 0.29) is 0 Å². The molecule has 0 saturated carbocycles. The summed E-state index contributed by atoms with van der Waals surface area (Å²) in [7, 11) is 0. The lowest BCUT2D eigenvalue weighted by molar-refractivity contribution is 0.529. The number of imidazole rings is 1. The van der Waals surface area contributed by atoms with Crippen LogP contribution in [-0.2, 0) is 13.0 Å². The molecule has 0 aliphatic heterocycles. The van der Waals surface area contributed by atoms with E-state index < -0.39 is 0 Å². The highest BCUT2D eigenvalue weighted by atomic mass is 15.1. The van der Waals surface area contributed by atoms with Gasteiger partial charge in [-0.3, -0.25) is 0 Å². The molecule has 1 aromatic heterocycles. The predicted octanol–water partition coefficient (Wildman–Crippen LogP) is 3.56. The maximum Gasteiger partial charge on any atom is 0.139 e. The normalized spacial score (nSPS) is 17.4. The van der Waals surface area contributed by atoms with E-state index in [0.717, 1.165) is 18.9 Å². The molecule has 3 nitrogen and oxygen atoms in total. The van der Waals surface area contributed by atoms with Crippen LogP contribution in [0, 0.1) is 0 Å².